The minimum Gasteiger partial charge on any atom is -0.350 e. The molecule has 6 heteroatoms. The Kier molecular flexibility index (Phi) is 5.61. The maximum absolute atomic E-state index is 13.8. The highest BCUT2D eigenvalue weighted by Gasteiger charge is 2.40. The van der Waals surface area contributed by atoms with Gasteiger partial charge in [0.2, 0.25) is 0 Å². The number of anilines is 2. The van der Waals surface area contributed by atoms with Crippen molar-refractivity contribution >= 4 is 40.4 Å². The SMILES string of the molecule is CC(C)(C)c1ccc(NC2=C(c3ccc(Cl)cc3)C(=O)N(c3cccc(F)c3)C2=O)cc1. The predicted octanol–water partition coefficient (Wildman–Crippen LogP) is 6.17. The molecule has 1 aliphatic heterocycles. The van der Waals surface area contributed by atoms with Crippen LogP contribution in [0.25, 0.3) is 5.57 Å². The Morgan fingerprint density at radius 3 is 2.12 bits per heavy atom. The van der Waals surface area contributed by atoms with Gasteiger partial charge in [-0.15, -0.1) is 0 Å². The third-order valence-corrected chi connectivity index (χ3v) is 5.56. The van der Waals surface area contributed by atoms with Crippen LogP contribution < -0.4 is 10.2 Å². The van der Waals surface area contributed by atoms with E-state index in [0.29, 0.717) is 16.3 Å². The van der Waals surface area contributed by atoms with Crippen molar-refractivity contribution in [2.45, 2.75) is 26.2 Å². The fraction of sp³-hybridized carbons (Fsp3) is 0.154. The fourth-order valence-electron chi connectivity index (χ4n) is 3.58. The minimum atomic E-state index is -0.551. The first kappa shape index (κ1) is 21.8. The van der Waals surface area contributed by atoms with Gasteiger partial charge in [0, 0.05) is 10.7 Å². The molecule has 4 nitrogen and oxygen atoms in total. The van der Waals surface area contributed by atoms with Crippen molar-refractivity contribution in [3.8, 4) is 0 Å². The molecule has 0 bridgehead atoms. The Balaban J connectivity index is 1.78. The van der Waals surface area contributed by atoms with Crippen LogP contribution in [0.3, 0.4) is 0 Å². The second-order valence-corrected chi connectivity index (χ2v) is 9.07. The summed E-state index contributed by atoms with van der Waals surface area (Å²) < 4.78 is 13.8. The van der Waals surface area contributed by atoms with E-state index in [1.807, 2.05) is 24.3 Å². The summed E-state index contributed by atoms with van der Waals surface area (Å²) in [5.74, 6) is -1.61. The molecule has 0 unspecified atom stereocenters. The smallest absolute Gasteiger partial charge is 0.282 e. The lowest BCUT2D eigenvalue weighted by Crippen LogP contribution is -2.32. The molecule has 32 heavy (non-hydrogen) atoms. The van der Waals surface area contributed by atoms with Gasteiger partial charge in [-0.05, 0) is 59.0 Å². The molecular formula is C26H22ClFN2O2. The zero-order chi connectivity index (χ0) is 23.0. The van der Waals surface area contributed by atoms with Gasteiger partial charge < -0.3 is 5.32 Å². The van der Waals surface area contributed by atoms with Crippen LogP contribution in [0.1, 0.15) is 31.9 Å². The van der Waals surface area contributed by atoms with E-state index in [4.69, 9.17) is 11.6 Å². The van der Waals surface area contributed by atoms with E-state index in [1.54, 1.807) is 24.3 Å². The monoisotopic (exact) mass is 448 g/mol. The van der Waals surface area contributed by atoms with Crippen LogP contribution in [0.15, 0.2) is 78.5 Å². The van der Waals surface area contributed by atoms with Gasteiger partial charge in [-0.25, -0.2) is 9.29 Å². The van der Waals surface area contributed by atoms with E-state index < -0.39 is 17.6 Å². The van der Waals surface area contributed by atoms with Crippen molar-refractivity contribution < 1.29 is 14.0 Å². The summed E-state index contributed by atoms with van der Waals surface area (Å²) in [5.41, 5.74) is 2.85. The maximum Gasteiger partial charge on any atom is 0.282 e. The Bertz CT molecular complexity index is 1230. The number of nitrogens with one attached hydrogen (secondary N) is 1. The van der Waals surface area contributed by atoms with Crippen LogP contribution in [-0.2, 0) is 15.0 Å². The van der Waals surface area contributed by atoms with Gasteiger partial charge in [0.15, 0.2) is 0 Å². The molecule has 1 heterocycles. The number of benzene rings is 3. The highest BCUT2D eigenvalue weighted by atomic mass is 35.5. The zero-order valence-corrected chi connectivity index (χ0v) is 18.7. The van der Waals surface area contributed by atoms with Gasteiger partial charge in [0.05, 0.1) is 11.3 Å². The van der Waals surface area contributed by atoms with E-state index in [1.165, 1.54) is 18.2 Å². The van der Waals surface area contributed by atoms with E-state index in [2.05, 4.69) is 26.1 Å². The molecule has 0 atom stereocenters. The molecule has 2 amide bonds. The number of hydrogen-bond acceptors (Lipinski definition) is 3. The normalized spacial score (nSPS) is 14.3. The van der Waals surface area contributed by atoms with Crippen molar-refractivity contribution in [2.24, 2.45) is 0 Å². The molecule has 0 saturated heterocycles. The van der Waals surface area contributed by atoms with Gasteiger partial charge >= 0.3 is 0 Å². The number of hydrogen-bond donors (Lipinski definition) is 1. The number of imide groups is 1. The summed E-state index contributed by atoms with van der Waals surface area (Å²) in [4.78, 5) is 27.7. The average molecular weight is 449 g/mol. The molecule has 0 saturated carbocycles. The summed E-state index contributed by atoms with van der Waals surface area (Å²) in [6, 6.07) is 19.8. The van der Waals surface area contributed by atoms with E-state index in [9.17, 15) is 14.0 Å². The maximum atomic E-state index is 13.8. The second kappa shape index (κ2) is 8.24. The summed E-state index contributed by atoms with van der Waals surface area (Å²) >= 11 is 6.01. The van der Waals surface area contributed by atoms with E-state index >= 15 is 0 Å². The van der Waals surface area contributed by atoms with Crippen LogP contribution in [0, 0.1) is 5.82 Å². The summed E-state index contributed by atoms with van der Waals surface area (Å²) in [5, 5.41) is 3.63. The molecule has 0 radical (unpaired) electrons. The van der Waals surface area contributed by atoms with Crippen molar-refractivity contribution in [3.63, 3.8) is 0 Å². The Hall–Kier alpha value is -3.44. The Morgan fingerprint density at radius 1 is 0.875 bits per heavy atom. The van der Waals surface area contributed by atoms with E-state index in [0.717, 1.165) is 16.5 Å². The van der Waals surface area contributed by atoms with Crippen molar-refractivity contribution in [1.82, 2.24) is 0 Å². The molecule has 1 N–H and O–H groups in total. The van der Waals surface area contributed by atoms with Gasteiger partial charge in [0.1, 0.15) is 11.5 Å². The van der Waals surface area contributed by atoms with Crippen LogP contribution in [0.4, 0.5) is 15.8 Å². The lowest BCUT2D eigenvalue weighted by atomic mass is 9.87. The van der Waals surface area contributed by atoms with Gasteiger partial charge in [-0.2, -0.15) is 0 Å². The van der Waals surface area contributed by atoms with Crippen LogP contribution in [0.5, 0.6) is 0 Å². The first-order valence-electron chi connectivity index (χ1n) is 10.2. The number of halogens is 2. The minimum absolute atomic E-state index is 0.0143. The molecule has 4 rings (SSSR count). The van der Waals surface area contributed by atoms with Crippen LogP contribution >= 0.6 is 11.6 Å². The number of carbonyl (C=O) groups excluding carboxylic acids is 2. The second-order valence-electron chi connectivity index (χ2n) is 8.63. The average Bonchev–Trinajstić information content (AvgIpc) is 2.98. The topological polar surface area (TPSA) is 49.4 Å². The van der Waals surface area contributed by atoms with Crippen LogP contribution in [0.2, 0.25) is 5.02 Å². The number of amides is 2. The van der Waals surface area contributed by atoms with Gasteiger partial charge in [0.25, 0.3) is 11.8 Å². The van der Waals surface area contributed by atoms with Gasteiger partial charge in [-0.3, -0.25) is 9.59 Å². The largest absolute Gasteiger partial charge is 0.350 e. The summed E-state index contributed by atoms with van der Waals surface area (Å²) in [6.45, 7) is 6.35. The molecule has 0 fully saturated rings. The molecule has 0 aromatic heterocycles. The zero-order valence-electron chi connectivity index (χ0n) is 17.9. The lowest BCUT2D eigenvalue weighted by Gasteiger charge is -2.19. The molecule has 0 aliphatic carbocycles. The molecule has 0 spiro atoms. The summed E-state index contributed by atoms with van der Waals surface area (Å²) in [6.07, 6.45) is 0. The first-order chi connectivity index (χ1) is 15.1. The van der Waals surface area contributed by atoms with Crippen molar-refractivity contribution in [2.75, 3.05) is 10.2 Å². The van der Waals surface area contributed by atoms with E-state index in [-0.39, 0.29) is 22.4 Å². The van der Waals surface area contributed by atoms with Crippen LogP contribution in [-0.4, -0.2) is 11.8 Å². The molecule has 3 aromatic rings. The highest BCUT2D eigenvalue weighted by molar-refractivity contribution is 6.46. The summed E-state index contributed by atoms with van der Waals surface area (Å²) in [7, 11) is 0. The van der Waals surface area contributed by atoms with Crippen molar-refractivity contribution in [1.29, 1.82) is 0 Å². The molecular weight excluding hydrogens is 427 g/mol. The highest BCUT2D eigenvalue weighted by Crippen LogP contribution is 2.34. The predicted molar refractivity (Wildman–Crippen MR) is 126 cm³/mol. The van der Waals surface area contributed by atoms with Crippen molar-refractivity contribution in [3.05, 3.63) is 100 Å². The number of carbonyl (C=O) groups is 2. The first-order valence-corrected chi connectivity index (χ1v) is 10.5. The number of rotatable bonds is 4. The third-order valence-electron chi connectivity index (χ3n) is 5.30. The lowest BCUT2D eigenvalue weighted by molar-refractivity contribution is -0.120. The number of nitrogens with zero attached hydrogens (tertiary/aromatic N) is 1. The Morgan fingerprint density at radius 2 is 1.53 bits per heavy atom. The van der Waals surface area contributed by atoms with Gasteiger partial charge in [-0.1, -0.05) is 62.7 Å². The molecule has 1 aliphatic rings. The standard InChI is InChI=1S/C26H22ClFN2O2/c1-26(2,3)17-9-13-20(14-10-17)29-23-22(16-7-11-18(27)12-8-16)24(31)30(25(23)32)21-6-4-5-19(28)15-21/h4-15,29H,1-3H3. The fourth-order valence-corrected chi connectivity index (χ4v) is 3.70. The molecule has 162 valence electrons. The quantitative estimate of drug-likeness (QED) is 0.485. The Labute approximate surface area is 191 Å². The third kappa shape index (κ3) is 4.16. The molecule has 3 aromatic carbocycles.